The lowest BCUT2D eigenvalue weighted by atomic mass is 10.1. The molecule has 0 atom stereocenters. The van der Waals surface area contributed by atoms with Crippen molar-refractivity contribution in [2.24, 2.45) is 0 Å². The summed E-state index contributed by atoms with van der Waals surface area (Å²) in [5.74, 6) is -0.828. The van der Waals surface area contributed by atoms with Crippen molar-refractivity contribution in [1.29, 1.82) is 5.26 Å². The summed E-state index contributed by atoms with van der Waals surface area (Å²) in [4.78, 5) is 16.2. The van der Waals surface area contributed by atoms with Crippen LogP contribution in [0.25, 0.3) is 16.6 Å². The first-order valence-corrected chi connectivity index (χ1v) is 11.4. The van der Waals surface area contributed by atoms with E-state index < -0.39 is 5.82 Å². The van der Waals surface area contributed by atoms with Crippen LogP contribution in [0.5, 0.6) is 11.5 Å². The second-order valence-electron chi connectivity index (χ2n) is 7.54. The molecule has 5 rings (SSSR count). The molecule has 0 saturated heterocycles. The number of nitrogens with two attached hydrogens (primary N) is 1. The Morgan fingerprint density at radius 3 is 2.80 bits per heavy atom. The molecule has 0 fully saturated rings. The normalized spacial score (nSPS) is 10.9. The van der Waals surface area contributed by atoms with Gasteiger partial charge in [-0.1, -0.05) is 33.6 Å². The third kappa shape index (κ3) is 4.14. The molecule has 0 aliphatic carbocycles. The molecule has 2 aromatic heterocycles. The van der Waals surface area contributed by atoms with E-state index in [9.17, 15) is 9.18 Å². The number of carbonyl (C=O) groups is 1. The first kappa shape index (κ1) is 22.7. The zero-order valence-corrected chi connectivity index (χ0v) is 20.1. The molecule has 3 N–H and O–H groups in total. The van der Waals surface area contributed by atoms with Crippen molar-refractivity contribution in [2.45, 2.75) is 0 Å². The highest BCUT2D eigenvalue weighted by molar-refractivity contribution is 9.10. The third-order valence-electron chi connectivity index (χ3n) is 5.34. The Labute approximate surface area is 211 Å². The molecule has 0 saturated carbocycles. The molecule has 5 aromatic rings. The van der Waals surface area contributed by atoms with Crippen LogP contribution in [0, 0.1) is 17.1 Å². The zero-order valence-electron chi connectivity index (χ0n) is 17.7. The number of anilines is 1. The summed E-state index contributed by atoms with van der Waals surface area (Å²) in [6.45, 7) is 0. The van der Waals surface area contributed by atoms with Gasteiger partial charge in [-0.2, -0.15) is 10.4 Å². The maximum atomic E-state index is 14.3. The van der Waals surface area contributed by atoms with Gasteiger partial charge in [0.15, 0.2) is 11.6 Å². The number of aromatic amines is 1. The summed E-state index contributed by atoms with van der Waals surface area (Å²) >= 11 is 9.86. The first-order valence-electron chi connectivity index (χ1n) is 10.2. The number of nitriles is 1. The van der Waals surface area contributed by atoms with Gasteiger partial charge in [-0.05, 0) is 48.5 Å². The van der Waals surface area contributed by atoms with Crippen molar-refractivity contribution in [3.63, 3.8) is 0 Å². The molecule has 172 valence electrons. The molecule has 0 aliphatic heterocycles. The molecule has 3 aromatic carbocycles. The minimum Gasteiger partial charge on any atom is -0.454 e. The Morgan fingerprint density at radius 1 is 1.20 bits per heavy atom. The predicted octanol–water partition coefficient (Wildman–Crippen LogP) is 6.39. The molecule has 0 aliphatic rings. The van der Waals surface area contributed by atoms with E-state index in [2.05, 4.69) is 26.0 Å². The zero-order chi connectivity index (χ0) is 24.7. The Hall–Kier alpha value is -4.13. The van der Waals surface area contributed by atoms with Crippen LogP contribution in [0.2, 0.25) is 5.02 Å². The fourth-order valence-electron chi connectivity index (χ4n) is 3.62. The molecule has 0 spiro atoms. The average molecular weight is 551 g/mol. The second kappa shape index (κ2) is 8.91. The third-order valence-corrected chi connectivity index (χ3v) is 6.13. The topological polar surface area (TPSA) is 110 Å². The van der Waals surface area contributed by atoms with Gasteiger partial charge in [0.1, 0.15) is 17.6 Å². The quantitative estimate of drug-likeness (QED) is 0.247. The number of benzene rings is 3. The van der Waals surface area contributed by atoms with Crippen LogP contribution in [-0.2, 0) is 0 Å². The smallest absolute Gasteiger partial charge is 0.214 e. The van der Waals surface area contributed by atoms with E-state index in [4.69, 9.17) is 27.3 Å². The predicted molar refractivity (Wildman–Crippen MR) is 134 cm³/mol. The summed E-state index contributed by atoms with van der Waals surface area (Å²) in [6, 6.07) is 18.0. The lowest BCUT2D eigenvalue weighted by Gasteiger charge is -2.11. The number of carbonyl (C=O) groups excluding carboxylic acids is 1. The van der Waals surface area contributed by atoms with Crippen molar-refractivity contribution < 1.29 is 13.9 Å². The van der Waals surface area contributed by atoms with Crippen molar-refractivity contribution in [3.8, 4) is 23.3 Å². The Balaban J connectivity index is 1.44. The minimum absolute atomic E-state index is 0.107. The highest BCUT2D eigenvalue weighted by Gasteiger charge is 2.21. The Kier molecular flexibility index (Phi) is 5.76. The number of hydrogen-bond donors (Lipinski definition) is 2. The van der Waals surface area contributed by atoms with Gasteiger partial charge >= 0.3 is 0 Å². The monoisotopic (exact) mass is 549 g/mol. The molecule has 35 heavy (non-hydrogen) atoms. The van der Waals surface area contributed by atoms with Crippen molar-refractivity contribution in [3.05, 3.63) is 99.0 Å². The molecule has 0 radical (unpaired) electrons. The van der Waals surface area contributed by atoms with Crippen molar-refractivity contribution >= 4 is 50.0 Å². The Morgan fingerprint density at radius 2 is 2.03 bits per heavy atom. The molecule has 0 unspecified atom stereocenters. The van der Waals surface area contributed by atoms with E-state index in [0.29, 0.717) is 11.4 Å². The molecule has 7 nitrogen and oxygen atoms in total. The highest BCUT2D eigenvalue weighted by atomic mass is 79.9. The van der Waals surface area contributed by atoms with Gasteiger partial charge in [0, 0.05) is 21.4 Å². The number of aromatic nitrogens is 3. The minimum atomic E-state index is -0.765. The van der Waals surface area contributed by atoms with Gasteiger partial charge in [0.25, 0.3) is 0 Å². The summed E-state index contributed by atoms with van der Waals surface area (Å²) in [6.07, 6.45) is 1.38. The second-order valence-corrected chi connectivity index (χ2v) is 8.87. The van der Waals surface area contributed by atoms with Crippen LogP contribution in [0.4, 0.5) is 10.2 Å². The molecular weight excluding hydrogens is 537 g/mol. The largest absolute Gasteiger partial charge is 0.454 e. The SMILES string of the molecule is N#Cc1cccc(Oc2ccc(-n3ncc(C(=O)c4cc5cc(Br)ccc5[nH]4)c3N)c(Cl)c2)c1F. The average Bonchev–Trinajstić information content (AvgIpc) is 3.43. The number of nitrogens with one attached hydrogen (secondary N) is 1. The number of ether oxygens (including phenoxy) is 1. The van der Waals surface area contributed by atoms with E-state index in [1.54, 1.807) is 24.3 Å². The summed E-state index contributed by atoms with van der Waals surface area (Å²) in [5, 5.41) is 14.3. The molecule has 0 amide bonds. The number of rotatable bonds is 5. The van der Waals surface area contributed by atoms with Crippen LogP contribution in [0.1, 0.15) is 21.6 Å². The fraction of sp³-hybridized carbons (Fsp3) is 0. The maximum Gasteiger partial charge on any atom is 0.214 e. The maximum absolute atomic E-state index is 14.3. The van der Waals surface area contributed by atoms with Gasteiger partial charge < -0.3 is 15.5 Å². The van der Waals surface area contributed by atoms with Gasteiger partial charge in [-0.25, -0.2) is 9.07 Å². The van der Waals surface area contributed by atoms with E-state index in [-0.39, 0.29) is 39.2 Å². The number of halogens is 3. The number of fused-ring (bicyclic) bond motifs is 1. The van der Waals surface area contributed by atoms with Crippen molar-refractivity contribution in [1.82, 2.24) is 14.8 Å². The number of H-pyrrole nitrogens is 1. The van der Waals surface area contributed by atoms with Gasteiger partial charge in [-0.3, -0.25) is 4.79 Å². The lowest BCUT2D eigenvalue weighted by Crippen LogP contribution is -2.08. The number of ketones is 1. The summed E-state index contributed by atoms with van der Waals surface area (Å²) in [5.41, 5.74) is 7.94. The number of nitrogens with zero attached hydrogens (tertiary/aromatic N) is 3. The van der Waals surface area contributed by atoms with E-state index in [1.807, 2.05) is 18.2 Å². The summed E-state index contributed by atoms with van der Waals surface area (Å²) < 4.78 is 22.1. The molecule has 0 bridgehead atoms. The molecule has 2 heterocycles. The standard InChI is InChI=1S/C25H14BrClFN5O2/c26-15-4-6-19-14(8-15)9-20(32-19)24(34)17-12-31-33(25(17)30)21-7-5-16(10-18(21)27)35-22-3-1-2-13(11-29)23(22)28/h1-10,12,32H,30H2. The van der Waals surface area contributed by atoms with E-state index >= 15 is 0 Å². The van der Waals surface area contributed by atoms with Gasteiger partial charge in [-0.15, -0.1) is 0 Å². The summed E-state index contributed by atoms with van der Waals surface area (Å²) in [7, 11) is 0. The van der Waals surface area contributed by atoms with Crippen LogP contribution >= 0.6 is 27.5 Å². The molecule has 10 heteroatoms. The first-order chi connectivity index (χ1) is 16.9. The molecular formula is C25H14BrClFN5O2. The number of hydrogen-bond acceptors (Lipinski definition) is 5. The van der Waals surface area contributed by atoms with Crippen LogP contribution in [0.15, 0.2) is 71.3 Å². The Bertz CT molecular complexity index is 1670. The van der Waals surface area contributed by atoms with Crippen LogP contribution < -0.4 is 10.5 Å². The van der Waals surface area contributed by atoms with Crippen LogP contribution in [-0.4, -0.2) is 20.5 Å². The lowest BCUT2D eigenvalue weighted by molar-refractivity contribution is 0.103. The highest BCUT2D eigenvalue weighted by Crippen LogP contribution is 2.32. The van der Waals surface area contributed by atoms with E-state index in [1.165, 1.54) is 35.1 Å². The van der Waals surface area contributed by atoms with Gasteiger partial charge in [0.05, 0.1) is 33.7 Å². The number of nitrogen functional groups attached to an aromatic ring is 1. The fourth-order valence-corrected chi connectivity index (χ4v) is 4.25. The van der Waals surface area contributed by atoms with E-state index in [0.717, 1.165) is 15.4 Å². The van der Waals surface area contributed by atoms with Crippen molar-refractivity contribution in [2.75, 3.05) is 5.73 Å². The van der Waals surface area contributed by atoms with Crippen LogP contribution in [0.3, 0.4) is 0 Å². The van der Waals surface area contributed by atoms with Gasteiger partial charge in [0.2, 0.25) is 5.78 Å².